The zero-order chi connectivity index (χ0) is 22.0. The summed E-state index contributed by atoms with van der Waals surface area (Å²) in [5, 5.41) is 4.43. The zero-order valence-electron chi connectivity index (χ0n) is 16.7. The second kappa shape index (κ2) is 8.37. The molecular weight excluding hydrogens is 411 g/mol. The Kier molecular flexibility index (Phi) is 5.62. The predicted molar refractivity (Wildman–Crippen MR) is 105 cm³/mol. The molecule has 0 radical (unpaired) electrons. The number of piperidine rings is 1. The Labute approximate surface area is 176 Å². The van der Waals surface area contributed by atoms with Crippen LogP contribution < -0.4 is 4.74 Å². The van der Waals surface area contributed by atoms with E-state index in [0.717, 1.165) is 17.8 Å². The van der Waals surface area contributed by atoms with E-state index in [1.165, 1.54) is 4.68 Å². The summed E-state index contributed by atoms with van der Waals surface area (Å²) in [6.07, 6.45) is -2.82. The third-order valence-electron chi connectivity index (χ3n) is 5.03. The van der Waals surface area contributed by atoms with Crippen LogP contribution in [-0.2, 0) is 13.2 Å². The second-order valence-corrected chi connectivity index (χ2v) is 7.26. The molecule has 2 aromatic heterocycles. The van der Waals surface area contributed by atoms with Crippen LogP contribution in [0.1, 0.15) is 29.0 Å². The molecule has 1 aromatic carbocycles. The van der Waals surface area contributed by atoms with Crippen molar-refractivity contribution in [3.8, 4) is 17.3 Å². The molecule has 4 rings (SSSR count). The van der Waals surface area contributed by atoms with Gasteiger partial charge in [-0.05, 0) is 25.0 Å². The van der Waals surface area contributed by atoms with E-state index >= 15 is 0 Å². The van der Waals surface area contributed by atoms with Gasteiger partial charge in [-0.3, -0.25) is 9.48 Å². The first-order valence-electron chi connectivity index (χ1n) is 9.77. The first-order valence-corrected chi connectivity index (χ1v) is 9.77. The molecule has 0 spiro atoms. The molecule has 1 amide bonds. The number of nitrogens with zero attached hydrogens (tertiary/aromatic N) is 5. The minimum Gasteiger partial charge on any atom is -0.458 e. The summed E-state index contributed by atoms with van der Waals surface area (Å²) < 4.78 is 45.7. The van der Waals surface area contributed by atoms with Crippen molar-refractivity contribution in [3.63, 3.8) is 0 Å². The molecule has 10 heteroatoms. The van der Waals surface area contributed by atoms with Crippen molar-refractivity contribution in [1.82, 2.24) is 24.6 Å². The lowest BCUT2D eigenvalue weighted by Crippen LogP contribution is -2.45. The van der Waals surface area contributed by atoms with Crippen LogP contribution in [0.25, 0.3) is 11.3 Å². The zero-order valence-corrected chi connectivity index (χ0v) is 16.7. The number of aromatic nitrogens is 4. The lowest BCUT2D eigenvalue weighted by atomic mass is 10.1. The Hall–Kier alpha value is -3.43. The summed E-state index contributed by atoms with van der Waals surface area (Å²) >= 11 is 0. The number of hydrogen-bond donors (Lipinski definition) is 0. The van der Waals surface area contributed by atoms with Gasteiger partial charge in [0.15, 0.2) is 5.69 Å². The molecule has 1 unspecified atom stereocenters. The van der Waals surface area contributed by atoms with Crippen LogP contribution in [0.15, 0.2) is 48.7 Å². The van der Waals surface area contributed by atoms with Gasteiger partial charge in [0.05, 0.1) is 12.2 Å². The van der Waals surface area contributed by atoms with Crippen molar-refractivity contribution >= 4 is 5.91 Å². The van der Waals surface area contributed by atoms with E-state index in [1.54, 1.807) is 18.0 Å². The minimum absolute atomic E-state index is 0.213. The van der Waals surface area contributed by atoms with Crippen molar-refractivity contribution in [2.75, 3.05) is 13.1 Å². The molecule has 0 bridgehead atoms. The normalized spacial score (nSPS) is 16.9. The van der Waals surface area contributed by atoms with Gasteiger partial charge < -0.3 is 9.64 Å². The second-order valence-electron chi connectivity index (χ2n) is 7.26. The molecule has 0 aliphatic carbocycles. The largest absolute Gasteiger partial charge is 0.458 e. The Morgan fingerprint density at radius 1 is 1.19 bits per heavy atom. The van der Waals surface area contributed by atoms with Gasteiger partial charge in [-0.15, -0.1) is 0 Å². The van der Waals surface area contributed by atoms with Crippen LogP contribution in [0.2, 0.25) is 0 Å². The highest BCUT2D eigenvalue weighted by atomic mass is 19.4. The van der Waals surface area contributed by atoms with Crippen LogP contribution in [0.3, 0.4) is 0 Å². The first-order chi connectivity index (χ1) is 14.8. The standard InChI is InChI=1S/C21H20F3N5O2/c1-28-17(12-16(27-28)14-6-3-2-4-7-14)19(30)29-11-5-8-15(13-29)31-20-25-10-9-18(26-20)21(22,23)24/h2-4,6-7,9-10,12,15H,5,8,11,13H2,1H3. The average molecular weight is 431 g/mol. The number of alkyl halides is 3. The maximum absolute atomic E-state index is 13.1. The predicted octanol–water partition coefficient (Wildman–Crippen LogP) is 3.58. The fraction of sp³-hybridized carbons (Fsp3) is 0.333. The molecule has 1 fully saturated rings. The van der Waals surface area contributed by atoms with E-state index < -0.39 is 18.0 Å². The van der Waals surface area contributed by atoms with Crippen LogP contribution in [0, 0.1) is 0 Å². The Morgan fingerprint density at radius 2 is 1.97 bits per heavy atom. The molecule has 1 atom stereocenters. The average Bonchev–Trinajstić information content (AvgIpc) is 3.15. The number of halogens is 3. The fourth-order valence-corrected chi connectivity index (χ4v) is 3.50. The third kappa shape index (κ3) is 4.68. The maximum Gasteiger partial charge on any atom is 0.433 e. The Balaban J connectivity index is 1.47. The van der Waals surface area contributed by atoms with Crippen LogP contribution >= 0.6 is 0 Å². The van der Waals surface area contributed by atoms with Crippen molar-refractivity contribution in [1.29, 1.82) is 0 Å². The van der Waals surface area contributed by atoms with Crippen molar-refractivity contribution in [2.45, 2.75) is 25.1 Å². The number of carbonyl (C=O) groups excluding carboxylic acids is 1. The summed E-state index contributed by atoms with van der Waals surface area (Å²) in [6.45, 7) is 0.748. The van der Waals surface area contributed by atoms with Gasteiger partial charge in [0.2, 0.25) is 0 Å². The van der Waals surface area contributed by atoms with Gasteiger partial charge in [0, 0.05) is 25.4 Å². The van der Waals surface area contributed by atoms with Crippen molar-refractivity contribution in [2.24, 2.45) is 7.05 Å². The van der Waals surface area contributed by atoms with Gasteiger partial charge in [0.25, 0.3) is 5.91 Å². The molecule has 7 nitrogen and oxygen atoms in total. The van der Waals surface area contributed by atoms with Gasteiger partial charge in [-0.2, -0.15) is 23.3 Å². The molecule has 3 heterocycles. The van der Waals surface area contributed by atoms with E-state index in [9.17, 15) is 18.0 Å². The smallest absolute Gasteiger partial charge is 0.433 e. The third-order valence-corrected chi connectivity index (χ3v) is 5.03. The molecule has 162 valence electrons. The number of benzene rings is 1. The molecule has 3 aromatic rings. The topological polar surface area (TPSA) is 73.1 Å². The van der Waals surface area contributed by atoms with E-state index in [2.05, 4.69) is 15.1 Å². The fourth-order valence-electron chi connectivity index (χ4n) is 3.50. The van der Waals surface area contributed by atoms with Gasteiger partial charge >= 0.3 is 12.2 Å². The number of rotatable bonds is 4. The first kappa shape index (κ1) is 20.8. The molecular formula is C21H20F3N5O2. The summed E-state index contributed by atoms with van der Waals surface area (Å²) in [5.41, 5.74) is 0.951. The van der Waals surface area contributed by atoms with Crippen molar-refractivity contribution < 1.29 is 22.7 Å². The van der Waals surface area contributed by atoms with E-state index in [-0.39, 0.29) is 18.5 Å². The van der Waals surface area contributed by atoms with E-state index in [0.29, 0.717) is 30.8 Å². The molecule has 31 heavy (non-hydrogen) atoms. The Morgan fingerprint density at radius 3 is 2.71 bits per heavy atom. The van der Waals surface area contributed by atoms with Crippen LogP contribution in [0.4, 0.5) is 13.2 Å². The van der Waals surface area contributed by atoms with Gasteiger partial charge in [-0.25, -0.2) is 4.98 Å². The highest BCUT2D eigenvalue weighted by molar-refractivity contribution is 5.93. The number of likely N-dealkylation sites (tertiary alicyclic amines) is 1. The van der Waals surface area contributed by atoms with Crippen molar-refractivity contribution in [3.05, 3.63) is 60.0 Å². The molecule has 1 aliphatic rings. The number of ether oxygens (including phenoxy) is 1. The maximum atomic E-state index is 13.1. The summed E-state index contributed by atoms with van der Waals surface area (Å²) in [7, 11) is 1.70. The van der Waals surface area contributed by atoms with Gasteiger partial charge in [-0.1, -0.05) is 30.3 Å². The number of hydrogen-bond acceptors (Lipinski definition) is 5. The Bertz CT molecular complexity index is 1070. The molecule has 1 aliphatic heterocycles. The number of aryl methyl sites for hydroxylation is 1. The SMILES string of the molecule is Cn1nc(-c2ccccc2)cc1C(=O)N1CCCC(Oc2nccc(C(F)(F)F)n2)C1. The summed E-state index contributed by atoms with van der Waals surface area (Å²) in [6, 6.07) is 11.7. The minimum atomic E-state index is -4.58. The summed E-state index contributed by atoms with van der Waals surface area (Å²) in [4.78, 5) is 21.9. The lowest BCUT2D eigenvalue weighted by molar-refractivity contribution is -0.141. The molecule has 0 saturated carbocycles. The van der Waals surface area contributed by atoms with E-state index in [4.69, 9.17) is 4.74 Å². The van der Waals surface area contributed by atoms with Gasteiger partial charge in [0.1, 0.15) is 11.8 Å². The molecule has 0 N–H and O–H groups in total. The summed E-state index contributed by atoms with van der Waals surface area (Å²) in [5.74, 6) is -0.213. The van der Waals surface area contributed by atoms with E-state index in [1.807, 2.05) is 30.3 Å². The van der Waals surface area contributed by atoms with Crippen LogP contribution in [0.5, 0.6) is 6.01 Å². The quantitative estimate of drug-likeness (QED) is 0.632. The monoisotopic (exact) mass is 431 g/mol. The van der Waals surface area contributed by atoms with Crippen LogP contribution in [-0.4, -0.2) is 49.7 Å². The highest BCUT2D eigenvalue weighted by Crippen LogP contribution is 2.28. The lowest BCUT2D eigenvalue weighted by Gasteiger charge is -2.32. The molecule has 1 saturated heterocycles. The highest BCUT2D eigenvalue weighted by Gasteiger charge is 2.34. The number of amides is 1. The number of carbonyl (C=O) groups is 1.